The van der Waals surface area contributed by atoms with Crippen molar-refractivity contribution < 1.29 is 4.39 Å². The lowest BCUT2D eigenvalue weighted by Gasteiger charge is -1.97. The fourth-order valence-electron chi connectivity index (χ4n) is 2.02. The molecular formula is C15H13FN4. The van der Waals surface area contributed by atoms with Crippen molar-refractivity contribution in [3.05, 3.63) is 59.7 Å². The summed E-state index contributed by atoms with van der Waals surface area (Å²) in [6, 6.07) is 9.99. The molecule has 100 valence electrons. The number of aryl methyl sites for hydroxylation is 2. The highest BCUT2D eigenvalue weighted by Gasteiger charge is 2.07. The van der Waals surface area contributed by atoms with E-state index in [1.54, 1.807) is 12.1 Å². The van der Waals surface area contributed by atoms with Crippen LogP contribution in [-0.4, -0.2) is 9.38 Å². The Hall–Kier alpha value is -2.56. The molecule has 0 saturated carbocycles. The Morgan fingerprint density at radius 1 is 1.10 bits per heavy atom. The first kappa shape index (κ1) is 12.5. The Balaban J connectivity index is 2.04. The van der Waals surface area contributed by atoms with Crippen LogP contribution in [-0.2, 0) is 0 Å². The molecule has 0 unspecified atom stereocenters. The molecule has 0 amide bonds. The molecule has 4 nitrogen and oxygen atoms in total. The molecule has 1 aromatic carbocycles. The number of imidazole rings is 1. The predicted octanol–water partition coefficient (Wildman–Crippen LogP) is 4.51. The maximum Gasteiger partial charge on any atom is 0.182 e. The van der Waals surface area contributed by atoms with E-state index in [0.29, 0.717) is 11.5 Å². The average Bonchev–Trinajstić information content (AvgIpc) is 2.71. The smallest absolute Gasteiger partial charge is 0.182 e. The number of hydrogen-bond donors (Lipinski definition) is 0. The van der Waals surface area contributed by atoms with Gasteiger partial charge in [0.15, 0.2) is 5.82 Å². The van der Waals surface area contributed by atoms with Crippen molar-refractivity contribution in [2.24, 2.45) is 10.2 Å². The van der Waals surface area contributed by atoms with E-state index in [9.17, 15) is 4.39 Å². The molecule has 20 heavy (non-hydrogen) atoms. The van der Waals surface area contributed by atoms with E-state index in [4.69, 9.17) is 0 Å². The van der Waals surface area contributed by atoms with Gasteiger partial charge in [-0.1, -0.05) is 6.07 Å². The highest BCUT2D eigenvalue weighted by molar-refractivity contribution is 5.53. The van der Waals surface area contributed by atoms with E-state index in [1.807, 2.05) is 36.6 Å². The fraction of sp³-hybridized carbons (Fsp3) is 0.133. The molecule has 5 heteroatoms. The van der Waals surface area contributed by atoms with Gasteiger partial charge in [-0.25, -0.2) is 9.37 Å². The number of azo groups is 1. The van der Waals surface area contributed by atoms with Gasteiger partial charge in [0, 0.05) is 12.3 Å². The number of benzene rings is 1. The summed E-state index contributed by atoms with van der Waals surface area (Å²) in [7, 11) is 0. The second kappa shape index (κ2) is 4.85. The van der Waals surface area contributed by atoms with Crippen LogP contribution in [0.3, 0.4) is 0 Å². The van der Waals surface area contributed by atoms with Gasteiger partial charge in [0.25, 0.3) is 0 Å². The number of hydrogen-bond acceptors (Lipinski definition) is 3. The van der Waals surface area contributed by atoms with Gasteiger partial charge in [-0.05, 0) is 43.7 Å². The Kier molecular flexibility index (Phi) is 3.02. The first-order valence-corrected chi connectivity index (χ1v) is 6.26. The van der Waals surface area contributed by atoms with Gasteiger partial charge in [-0.15, -0.1) is 10.2 Å². The minimum absolute atomic E-state index is 0.327. The van der Waals surface area contributed by atoms with Crippen LogP contribution in [0.15, 0.2) is 52.8 Å². The topological polar surface area (TPSA) is 42.0 Å². The quantitative estimate of drug-likeness (QED) is 0.631. The van der Waals surface area contributed by atoms with Crippen molar-refractivity contribution in [1.82, 2.24) is 9.38 Å². The zero-order chi connectivity index (χ0) is 14.1. The third kappa shape index (κ3) is 2.30. The normalized spacial score (nSPS) is 11.6. The van der Waals surface area contributed by atoms with E-state index >= 15 is 0 Å². The first-order valence-electron chi connectivity index (χ1n) is 6.26. The Morgan fingerprint density at radius 2 is 1.95 bits per heavy atom. The molecule has 0 fully saturated rings. The van der Waals surface area contributed by atoms with Crippen molar-refractivity contribution in [2.75, 3.05) is 0 Å². The molecule has 3 rings (SSSR count). The summed E-state index contributed by atoms with van der Waals surface area (Å²) in [6.45, 7) is 3.89. The summed E-state index contributed by atoms with van der Waals surface area (Å²) < 4.78 is 15.0. The molecule has 0 aliphatic heterocycles. The number of rotatable bonds is 2. The molecule has 2 aromatic heterocycles. The maximum atomic E-state index is 13.1. The summed E-state index contributed by atoms with van der Waals surface area (Å²) in [5.74, 6) is 0.330. The van der Waals surface area contributed by atoms with Crippen molar-refractivity contribution >= 4 is 17.2 Å². The summed E-state index contributed by atoms with van der Waals surface area (Å²) >= 11 is 0. The Morgan fingerprint density at radius 3 is 2.75 bits per heavy atom. The van der Waals surface area contributed by atoms with Crippen LogP contribution >= 0.6 is 0 Å². The molecule has 0 spiro atoms. The fourth-order valence-corrected chi connectivity index (χ4v) is 2.02. The van der Waals surface area contributed by atoms with Gasteiger partial charge in [0.1, 0.15) is 11.5 Å². The van der Waals surface area contributed by atoms with E-state index in [0.717, 1.165) is 16.9 Å². The first-order chi connectivity index (χ1) is 9.63. The number of aromatic nitrogens is 2. The van der Waals surface area contributed by atoms with Gasteiger partial charge in [0.05, 0.1) is 11.4 Å². The molecule has 0 N–H and O–H groups in total. The summed E-state index contributed by atoms with van der Waals surface area (Å²) in [4.78, 5) is 4.44. The maximum absolute atomic E-state index is 13.1. The molecular weight excluding hydrogens is 255 g/mol. The Bertz CT molecular complexity index is 805. The molecule has 2 heterocycles. The second-order valence-electron chi connectivity index (χ2n) is 4.63. The summed E-state index contributed by atoms with van der Waals surface area (Å²) in [5.41, 5.74) is 3.23. The van der Waals surface area contributed by atoms with Crippen molar-refractivity contribution in [1.29, 1.82) is 0 Å². The molecule has 0 atom stereocenters. The Labute approximate surface area is 115 Å². The van der Waals surface area contributed by atoms with Crippen molar-refractivity contribution in [3.8, 4) is 0 Å². The summed E-state index contributed by atoms with van der Waals surface area (Å²) in [6.07, 6.45) is 1.91. The van der Waals surface area contributed by atoms with Gasteiger partial charge in [-0.2, -0.15) is 0 Å². The SMILES string of the molecule is Cc1ccn2c(N=Nc3cccc(F)c3)c(C)nc2c1. The van der Waals surface area contributed by atoms with Gasteiger partial charge < -0.3 is 0 Å². The highest BCUT2D eigenvalue weighted by Crippen LogP contribution is 2.24. The molecule has 0 aliphatic rings. The molecule has 0 bridgehead atoms. The number of pyridine rings is 1. The standard InChI is InChI=1S/C15H13FN4/c1-10-6-7-20-14(8-10)17-11(2)15(20)19-18-13-5-3-4-12(16)9-13/h3-9H,1-2H3. The highest BCUT2D eigenvalue weighted by atomic mass is 19.1. The van der Waals surface area contributed by atoms with Crippen molar-refractivity contribution in [2.45, 2.75) is 13.8 Å². The third-order valence-electron chi connectivity index (χ3n) is 2.99. The van der Waals surface area contributed by atoms with Crippen LogP contribution in [0.5, 0.6) is 0 Å². The van der Waals surface area contributed by atoms with Crippen LogP contribution in [0.4, 0.5) is 15.9 Å². The zero-order valence-electron chi connectivity index (χ0n) is 11.2. The van der Waals surface area contributed by atoms with Gasteiger partial charge >= 0.3 is 0 Å². The van der Waals surface area contributed by atoms with E-state index in [-0.39, 0.29) is 5.82 Å². The second-order valence-corrected chi connectivity index (χ2v) is 4.63. The van der Waals surface area contributed by atoms with Crippen LogP contribution in [0.2, 0.25) is 0 Å². The third-order valence-corrected chi connectivity index (χ3v) is 2.99. The van der Waals surface area contributed by atoms with Crippen LogP contribution < -0.4 is 0 Å². The molecule has 0 saturated heterocycles. The minimum atomic E-state index is -0.327. The van der Waals surface area contributed by atoms with Gasteiger partial charge in [-0.3, -0.25) is 4.40 Å². The van der Waals surface area contributed by atoms with Crippen LogP contribution in [0.25, 0.3) is 5.65 Å². The largest absolute Gasteiger partial charge is 0.283 e. The molecule has 0 aliphatic carbocycles. The van der Waals surface area contributed by atoms with Crippen LogP contribution in [0, 0.1) is 19.7 Å². The predicted molar refractivity (Wildman–Crippen MR) is 75.2 cm³/mol. The number of halogens is 1. The number of fused-ring (bicyclic) bond motifs is 1. The van der Waals surface area contributed by atoms with Crippen LogP contribution in [0.1, 0.15) is 11.3 Å². The van der Waals surface area contributed by atoms with Gasteiger partial charge in [0.2, 0.25) is 0 Å². The van der Waals surface area contributed by atoms with Crippen molar-refractivity contribution in [3.63, 3.8) is 0 Å². The summed E-state index contributed by atoms with van der Waals surface area (Å²) in [5, 5.41) is 8.26. The number of nitrogens with zero attached hydrogens (tertiary/aromatic N) is 4. The van der Waals surface area contributed by atoms with E-state index in [2.05, 4.69) is 15.2 Å². The minimum Gasteiger partial charge on any atom is -0.283 e. The van der Waals surface area contributed by atoms with E-state index < -0.39 is 0 Å². The molecule has 0 radical (unpaired) electrons. The van der Waals surface area contributed by atoms with E-state index in [1.165, 1.54) is 12.1 Å². The lowest BCUT2D eigenvalue weighted by atomic mass is 10.3. The lowest BCUT2D eigenvalue weighted by Crippen LogP contribution is -1.83. The average molecular weight is 268 g/mol. The lowest BCUT2D eigenvalue weighted by molar-refractivity contribution is 0.628. The molecule has 3 aromatic rings. The zero-order valence-corrected chi connectivity index (χ0v) is 11.2. The monoisotopic (exact) mass is 268 g/mol.